The van der Waals surface area contributed by atoms with Gasteiger partial charge in [0.15, 0.2) is 0 Å². The third-order valence-electron chi connectivity index (χ3n) is 4.18. The topological polar surface area (TPSA) is 66.6 Å². The van der Waals surface area contributed by atoms with Crippen LogP contribution in [0.4, 0.5) is 25.0 Å². The lowest BCUT2D eigenvalue weighted by atomic mass is 10.0. The smallest absolute Gasteiger partial charge is 0.323 e. The number of halogens is 2. The van der Waals surface area contributed by atoms with Crippen LogP contribution >= 0.6 is 0 Å². The van der Waals surface area contributed by atoms with Crippen LogP contribution in [-0.2, 0) is 6.42 Å². The summed E-state index contributed by atoms with van der Waals surface area (Å²) in [6, 6.07) is 16.0. The molecule has 2 amide bonds. The first-order valence-electron chi connectivity index (χ1n) is 8.35. The highest BCUT2D eigenvalue weighted by Gasteiger charge is 2.19. The van der Waals surface area contributed by atoms with Gasteiger partial charge in [-0.15, -0.1) is 0 Å². The predicted octanol–water partition coefficient (Wildman–Crippen LogP) is 4.38. The van der Waals surface area contributed by atoms with Gasteiger partial charge in [0.25, 0.3) is 0 Å². The Labute approximate surface area is 155 Å². The van der Waals surface area contributed by atoms with E-state index in [1.165, 1.54) is 4.90 Å². The number of nitrogens with two attached hydrogens (primary N) is 1. The van der Waals surface area contributed by atoms with Crippen molar-refractivity contribution in [2.24, 2.45) is 5.73 Å². The van der Waals surface area contributed by atoms with Gasteiger partial charge in [0.1, 0.15) is 11.6 Å². The second-order valence-corrected chi connectivity index (χ2v) is 5.95. The van der Waals surface area contributed by atoms with E-state index in [9.17, 15) is 18.7 Å². The Morgan fingerprint density at radius 3 is 2.52 bits per heavy atom. The van der Waals surface area contributed by atoms with Crippen molar-refractivity contribution >= 4 is 17.4 Å². The van der Waals surface area contributed by atoms with Crippen molar-refractivity contribution in [3.63, 3.8) is 0 Å². The van der Waals surface area contributed by atoms with E-state index in [0.717, 1.165) is 23.8 Å². The van der Waals surface area contributed by atoms with E-state index < -0.39 is 17.7 Å². The molecule has 0 aromatic heterocycles. The third kappa shape index (κ3) is 3.96. The van der Waals surface area contributed by atoms with Crippen molar-refractivity contribution in [1.82, 2.24) is 0 Å². The van der Waals surface area contributed by atoms with Gasteiger partial charge in [0.2, 0.25) is 0 Å². The summed E-state index contributed by atoms with van der Waals surface area (Å²) in [5, 5.41) is 9.27. The minimum Gasteiger partial charge on any atom is -0.396 e. The molecule has 0 spiro atoms. The molecule has 0 bridgehead atoms. The van der Waals surface area contributed by atoms with Crippen LogP contribution in [0.15, 0.2) is 66.7 Å². The zero-order chi connectivity index (χ0) is 19.4. The number of aliphatic hydroxyl groups is 1. The third-order valence-corrected chi connectivity index (χ3v) is 4.18. The number of nitrogens with zero attached hydrogens (tertiary/aromatic N) is 1. The van der Waals surface area contributed by atoms with Crippen LogP contribution in [0.1, 0.15) is 5.56 Å². The van der Waals surface area contributed by atoms with Gasteiger partial charge in [-0.25, -0.2) is 13.6 Å². The quantitative estimate of drug-likeness (QED) is 0.702. The maximum Gasteiger partial charge on any atom is 0.323 e. The molecule has 4 nitrogen and oxygen atoms in total. The predicted molar refractivity (Wildman–Crippen MR) is 101 cm³/mol. The summed E-state index contributed by atoms with van der Waals surface area (Å²) in [4.78, 5) is 13.5. The Morgan fingerprint density at radius 2 is 1.78 bits per heavy atom. The highest BCUT2D eigenvalue weighted by molar-refractivity contribution is 5.99. The summed E-state index contributed by atoms with van der Waals surface area (Å²) in [6.45, 7) is -0.0852. The second kappa shape index (κ2) is 7.97. The highest BCUT2D eigenvalue weighted by atomic mass is 19.1. The summed E-state index contributed by atoms with van der Waals surface area (Å²) < 4.78 is 27.7. The van der Waals surface area contributed by atoms with E-state index in [4.69, 9.17) is 5.73 Å². The van der Waals surface area contributed by atoms with E-state index in [1.807, 2.05) is 0 Å². The molecule has 0 saturated carbocycles. The SMILES string of the molecule is NC(=O)N(c1cccc(-c2cc(F)ccc2F)c1)c1ccccc1CCO. The van der Waals surface area contributed by atoms with Crippen LogP contribution in [0.25, 0.3) is 11.1 Å². The molecular weight excluding hydrogens is 350 g/mol. The van der Waals surface area contributed by atoms with Crippen molar-refractivity contribution in [3.8, 4) is 11.1 Å². The van der Waals surface area contributed by atoms with Crippen molar-refractivity contribution in [2.45, 2.75) is 6.42 Å². The van der Waals surface area contributed by atoms with Crippen LogP contribution in [0.3, 0.4) is 0 Å². The number of anilines is 2. The number of carbonyl (C=O) groups is 1. The molecule has 0 unspecified atom stereocenters. The van der Waals surface area contributed by atoms with E-state index in [-0.39, 0.29) is 12.2 Å². The van der Waals surface area contributed by atoms with Gasteiger partial charge >= 0.3 is 6.03 Å². The van der Waals surface area contributed by atoms with Gasteiger partial charge in [0.05, 0.1) is 11.4 Å². The van der Waals surface area contributed by atoms with Gasteiger partial charge in [-0.2, -0.15) is 0 Å². The number of carbonyl (C=O) groups excluding carboxylic acids is 1. The average Bonchev–Trinajstić information content (AvgIpc) is 2.65. The number of urea groups is 1. The number of aliphatic hydroxyl groups excluding tert-OH is 1. The zero-order valence-electron chi connectivity index (χ0n) is 14.4. The van der Waals surface area contributed by atoms with Gasteiger partial charge in [-0.1, -0.05) is 30.3 Å². The van der Waals surface area contributed by atoms with Gasteiger partial charge in [0, 0.05) is 12.2 Å². The summed E-state index contributed by atoms with van der Waals surface area (Å²) >= 11 is 0. The summed E-state index contributed by atoms with van der Waals surface area (Å²) in [5.41, 5.74) is 7.77. The fraction of sp³-hybridized carbons (Fsp3) is 0.0952. The average molecular weight is 368 g/mol. The molecule has 0 aliphatic heterocycles. The molecule has 6 heteroatoms. The number of hydrogen-bond donors (Lipinski definition) is 2. The van der Waals surface area contributed by atoms with Crippen LogP contribution in [0.5, 0.6) is 0 Å². The molecule has 0 atom stereocenters. The summed E-state index contributed by atoms with van der Waals surface area (Å²) in [5.74, 6) is -1.13. The Bertz CT molecular complexity index is 976. The summed E-state index contributed by atoms with van der Waals surface area (Å²) in [6.07, 6.45) is 0.345. The van der Waals surface area contributed by atoms with Crippen molar-refractivity contribution < 1.29 is 18.7 Å². The normalized spacial score (nSPS) is 10.6. The number of benzene rings is 3. The maximum absolute atomic E-state index is 14.1. The molecule has 0 aliphatic rings. The minimum atomic E-state index is -0.725. The van der Waals surface area contributed by atoms with E-state index in [0.29, 0.717) is 23.4 Å². The second-order valence-electron chi connectivity index (χ2n) is 5.95. The number of rotatable bonds is 5. The Kier molecular flexibility index (Phi) is 5.47. The molecule has 0 radical (unpaired) electrons. The molecule has 27 heavy (non-hydrogen) atoms. The molecule has 3 aromatic rings. The van der Waals surface area contributed by atoms with Gasteiger partial charge < -0.3 is 10.8 Å². The molecule has 3 rings (SSSR count). The van der Waals surface area contributed by atoms with Crippen LogP contribution in [0, 0.1) is 11.6 Å². The largest absolute Gasteiger partial charge is 0.396 e. The lowest BCUT2D eigenvalue weighted by Gasteiger charge is -2.24. The van der Waals surface area contributed by atoms with Crippen molar-refractivity contribution in [1.29, 1.82) is 0 Å². The monoisotopic (exact) mass is 368 g/mol. The fourth-order valence-corrected chi connectivity index (χ4v) is 2.98. The molecule has 3 aromatic carbocycles. The summed E-state index contributed by atoms with van der Waals surface area (Å²) in [7, 11) is 0. The van der Waals surface area contributed by atoms with Crippen LogP contribution in [-0.4, -0.2) is 17.7 Å². The first-order valence-corrected chi connectivity index (χ1v) is 8.35. The number of hydrogen-bond acceptors (Lipinski definition) is 2. The molecular formula is C21H18F2N2O2. The Hall–Kier alpha value is -3.25. The molecule has 0 saturated heterocycles. The Morgan fingerprint density at radius 1 is 1.00 bits per heavy atom. The Balaban J connectivity index is 2.11. The molecule has 0 fully saturated rings. The molecule has 0 heterocycles. The number of primary amides is 1. The molecule has 3 N–H and O–H groups in total. The van der Waals surface area contributed by atoms with Crippen molar-refractivity contribution in [2.75, 3.05) is 11.5 Å². The molecule has 138 valence electrons. The van der Waals surface area contributed by atoms with Gasteiger partial charge in [-0.3, -0.25) is 4.90 Å². The van der Waals surface area contributed by atoms with Gasteiger partial charge in [-0.05, 0) is 53.9 Å². The van der Waals surface area contributed by atoms with E-state index >= 15 is 0 Å². The lowest BCUT2D eigenvalue weighted by Crippen LogP contribution is -2.32. The number of amides is 2. The molecule has 0 aliphatic carbocycles. The van der Waals surface area contributed by atoms with Crippen LogP contribution in [0.2, 0.25) is 0 Å². The minimum absolute atomic E-state index is 0.0852. The fourth-order valence-electron chi connectivity index (χ4n) is 2.98. The van der Waals surface area contributed by atoms with Crippen molar-refractivity contribution in [3.05, 3.63) is 83.9 Å². The highest BCUT2D eigenvalue weighted by Crippen LogP contribution is 2.33. The zero-order valence-corrected chi connectivity index (χ0v) is 14.4. The van der Waals surface area contributed by atoms with E-state index in [1.54, 1.807) is 48.5 Å². The standard InChI is InChI=1S/C21H18F2N2O2/c22-16-8-9-19(23)18(13-16)15-5-3-6-17(12-15)25(21(24)27)20-7-2-1-4-14(20)10-11-26/h1-9,12-13,26H,10-11H2,(H2,24,27). The first-order chi connectivity index (χ1) is 13.0. The maximum atomic E-state index is 14.1. The van der Waals surface area contributed by atoms with Crippen LogP contribution < -0.4 is 10.6 Å². The lowest BCUT2D eigenvalue weighted by molar-refractivity contribution is 0.256. The first kappa shape index (κ1) is 18.5. The van der Waals surface area contributed by atoms with E-state index in [2.05, 4.69) is 0 Å². The number of para-hydroxylation sites is 1.